The van der Waals surface area contributed by atoms with Crippen molar-refractivity contribution in [2.75, 3.05) is 0 Å². The highest BCUT2D eigenvalue weighted by atomic mass is 16.5. The molecule has 0 unspecified atom stereocenters. The van der Waals surface area contributed by atoms with Gasteiger partial charge in [-0.2, -0.15) is 0 Å². The smallest absolute Gasteiger partial charge is 0.343 e. The number of aromatic carboxylic acids is 1. The predicted octanol–water partition coefficient (Wildman–Crippen LogP) is 3.28. The van der Waals surface area contributed by atoms with Gasteiger partial charge in [0.15, 0.2) is 23.7 Å². The summed E-state index contributed by atoms with van der Waals surface area (Å²) in [6.45, 7) is 0. The molecule has 222 valence electrons. The van der Waals surface area contributed by atoms with Gasteiger partial charge in [0.1, 0.15) is 46.2 Å². The number of aromatic hydroxyl groups is 6. The molecule has 2 heterocycles. The van der Waals surface area contributed by atoms with Crippen molar-refractivity contribution in [1.82, 2.24) is 0 Å². The van der Waals surface area contributed by atoms with Crippen LogP contribution in [0.3, 0.4) is 0 Å². The lowest BCUT2D eigenvalue weighted by molar-refractivity contribution is 0.00644. The fourth-order valence-corrected chi connectivity index (χ4v) is 5.82. The quantitative estimate of drug-likeness (QED) is 0.156. The molecule has 12 nitrogen and oxygen atoms in total. The summed E-state index contributed by atoms with van der Waals surface area (Å²) in [7, 11) is 0. The zero-order valence-corrected chi connectivity index (χ0v) is 22.1. The van der Waals surface area contributed by atoms with E-state index in [2.05, 4.69) is 0 Å². The van der Waals surface area contributed by atoms with E-state index in [9.17, 15) is 50.8 Å². The molecule has 0 bridgehead atoms. The third-order valence-corrected chi connectivity index (χ3v) is 7.85. The molecule has 0 saturated heterocycles. The number of rotatable bonds is 4. The second-order valence-electron chi connectivity index (χ2n) is 10.5. The van der Waals surface area contributed by atoms with Crippen molar-refractivity contribution in [1.29, 1.82) is 0 Å². The number of phenols is 6. The lowest BCUT2D eigenvalue weighted by Crippen LogP contribution is -2.36. The first kappa shape index (κ1) is 27.8. The van der Waals surface area contributed by atoms with Crippen molar-refractivity contribution in [2.45, 2.75) is 36.8 Å². The number of phenolic OH excluding ortho intramolecular Hbond substituents is 5. The van der Waals surface area contributed by atoms with Crippen LogP contribution in [0.25, 0.3) is 0 Å². The summed E-state index contributed by atoms with van der Waals surface area (Å²) in [5.41, 5.74) is -0.423. The Morgan fingerprint density at radius 3 is 2.07 bits per heavy atom. The van der Waals surface area contributed by atoms with E-state index in [1.54, 1.807) is 0 Å². The van der Waals surface area contributed by atoms with Gasteiger partial charge < -0.3 is 55.4 Å². The lowest BCUT2D eigenvalue weighted by atomic mass is 9.77. The van der Waals surface area contributed by atoms with Crippen LogP contribution < -0.4 is 9.47 Å². The van der Waals surface area contributed by atoms with Crippen LogP contribution >= 0.6 is 0 Å². The zero-order chi connectivity index (χ0) is 30.7. The van der Waals surface area contributed by atoms with Crippen LogP contribution in [0.1, 0.15) is 56.3 Å². The Hall–Kier alpha value is -5.33. The SMILES string of the molecule is O=C(O)c1c(O)c([C@@H]2c3ccc(O)cc3O[C@H](c3ccc(O)cc3)[C@H]2O)c(O)c2c1O[C@H](c1ccc(O)c(O)c1)[C@H](O)C2. The summed E-state index contributed by atoms with van der Waals surface area (Å²) in [4.78, 5) is 12.6. The van der Waals surface area contributed by atoms with Gasteiger partial charge in [-0.25, -0.2) is 4.79 Å². The van der Waals surface area contributed by atoms with Gasteiger partial charge in [-0.3, -0.25) is 0 Å². The van der Waals surface area contributed by atoms with Crippen LogP contribution in [-0.2, 0) is 6.42 Å². The van der Waals surface area contributed by atoms with Gasteiger partial charge in [0.25, 0.3) is 0 Å². The van der Waals surface area contributed by atoms with Crippen LogP contribution in [0.2, 0.25) is 0 Å². The van der Waals surface area contributed by atoms with E-state index in [0.29, 0.717) is 5.56 Å². The van der Waals surface area contributed by atoms with Gasteiger partial charge >= 0.3 is 5.97 Å². The second kappa shape index (κ2) is 10.2. The number of carbonyl (C=O) groups is 1. The Morgan fingerprint density at radius 2 is 1.40 bits per heavy atom. The van der Waals surface area contributed by atoms with E-state index >= 15 is 0 Å². The lowest BCUT2D eigenvalue weighted by Gasteiger charge is -2.39. The summed E-state index contributed by atoms with van der Waals surface area (Å²) >= 11 is 0. The normalized spacial score (nSPS) is 22.5. The van der Waals surface area contributed by atoms with Crippen LogP contribution in [0.4, 0.5) is 0 Å². The third-order valence-electron chi connectivity index (χ3n) is 7.85. The van der Waals surface area contributed by atoms with Crippen molar-refractivity contribution < 1.29 is 60.2 Å². The molecule has 5 atom stereocenters. The Labute approximate surface area is 243 Å². The molecule has 6 rings (SSSR count). The molecule has 0 aliphatic carbocycles. The van der Waals surface area contributed by atoms with Crippen molar-refractivity contribution >= 4 is 5.97 Å². The highest BCUT2D eigenvalue weighted by Gasteiger charge is 2.45. The number of hydrogen-bond acceptors (Lipinski definition) is 11. The fourth-order valence-electron chi connectivity index (χ4n) is 5.82. The Balaban J connectivity index is 1.53. The number of aliphatic hydroxyl groups excluding tert-OH is 2. The molecule has 2 aliphatic rings. The standard InChI is InChI=1S/C31H26O12/c32-14-4-1-12(2-5-14)29-27(39)22(16-7-6-15(33)10-21(16)42-29)23-25(37)17-11-20(36)28(13-3-8-18(34)19(35)9-13)43-30(17)24(26(23)38)31(40)41/h1-10,20,22,27-29,32-39H,11H2,(H,40,41)/t20-,22+,27+,28-,29-/m1/s1. The zero-order valence-electron chi connectivity index (χ0n) is 22.1. The largest absolute Gasteiger partial charge is 0.508 e. The number of carboxylic acid groups (broad SMARTS) is 1. The molecule has 0 fully saturated rings. The minimum absolute atomic E-state index is 0.0425. The van der Waals surface area contributed by atoms with E-state index in [0.717, 1.165) is 6.07 Å². The van der Waals surface area contributed by atoms with Gasteiger partial charge in [-0.15, -0.1) is 0 Å². The molecular formula is C31H26O12. The second-order valence-corrected chi connectivity index (χ2v) is 10.5. The summed E-state index contributed by atoms with van der Waals surface area (Å²) in [5.74, 6) is -5.92. The first-order valence-corrected chi connectivity index (χ1v) is 13.1. The number of aliphatic hydroxyl groups is 2. The highest BCUT2D eigenvalue weighted by molar-refractivity contribution is 5.96. The first-order chi connectivity index (χ1) is 20.5. The molecule has 0 saturated carbocycles. The molecule has 0 spiro atoms. The van der Waals surface area contributed by atoms with Crippen LogP contribution in [0, 0.1) is 0 Å². The maximum atomic E-state index is 12.6. The summed E-state index contributed by atoms with van der Waals surface area (Å²) in [6, 6.07) is 13.4. The molecule has 43 heavy (non-hydrogen) atoms. The molecule has 12 heteroatoms. The minimum Gasteiger partial charge on any atom is -0.508 e. The molecular weight excluding hydrogens is 564 g/mol. The number of fused-ring (bicyclic) bond motifs is 2. The molecule has 9 N–H and O–H groups in total. The maximum absolute atomic E-state index is 12.6. The average Bonchev–Trinajstić information content (AvgIpc) is 2.96. The Kier molecular flexibility index (Phi) is 6.59. The van der Waals surface area contributed by atoms with Crippen molar-refractivity contribution in [2.24, 2.45) is 0 Å². The summed E-state index contributed by atoms with van der Waals surface area (Å²) < 4.78 is 11.8. The third kappa shape index (κ3) is 4.53. The van der Waals surface area contributed by atoms with E-state index in [-0.39, 0.29) is 45.9 Å². The van der Waals surface area contributed by atoms with Gasteiger partial charge in [-0.05, 0) is 41.5 Å². The highest BCUT2D eigenvalue weighted by Crippen LogP contribution is 2.56. The topological polar surface area (TPSA) is 218 Å². The average molecular weight is 591 g/mol. The molecule has 4 aromatic rings. The van der Waals surface area contributed by atoms with E-state index in [4.69, 9.17) is 9.47 Å². The van der Waals surface area contributed by atoms with Crippen molar-refractivity contribution in [3.05, 3.63) is 94.0 Å². The summed E-state index contributed by atoms with van der Waals surface area (Å²) in [5, 5.41) is 95.3. The van der Waals surface area contributed by atoms with E-state index in [1.165, 1.54) is 54.6 Å². The van der Waals surface area contributed by atoms with E-state index in [1.807, 2.05) is 0 Å². The molecule has 0 radical (unpaired) electrons. The molecule has 4 aromatic carbocycles. The fraction of sp³-hybridized carbons (Fsp3) is 0.194. The van der Waals surface area contributed by atoms with Crippen LogP contribution in [0.5, 0.6) is 46.0 Å². The van der Waals surface area contributed by atoms with Crippen LogP contribution in [0.15, 0.2) is 60.7 Å². The molecule has 0 aromatic heterocycles. The number of ether oxygens (including phenoxy) is 2. The Morgan fingerprint density at radius 1 is 0.721 bits per heavy atom. The Bertz CT molecular complexity index is 1750. The van der Waals surface area contributed by atoms with Crippen molar-refractivity contribution in [3.8, 4) is 46.0 Å². The van der Waals surface area contributed by atoms with Crippen molar-refractivity contribution in [3.63, 3.8) is 0 Å². The van der Waals surface area contributed by atoms with E-state index < -0.39 is 70.6 Å². The minimum atomic E-state index is -1.62. The number of carboxylic acids is 1. The predicted molar refractivity (Wildman–Crippen MR) is 147 cm³/mol. The van der Waals surface area contributed by atoms with Gasteiger partial charge in [-0.1, -0.05) is 24.3 Å². The summed E-state index contributed by atoms with van der Waals surface area (Å²) in [6.07, 6.45) is -5.62. The first-order valence-electron chi connectivity index (χ1n) is 13.1. The maximum Gasteiger partial charge on any atom is 0.343 e. The van der Waals surface area contributed by atoms with Gasteiger partial charge in [0.2, 0.25) is 0 Å². The number of hydrogen-bond donors (Lipinski definition) is 9. The van der Waals surface area contributed by atoms with Gasteiger partial charge in [0, 0.05) is 35.1 Å². The molecule has 2 aliphatic heterocycles. The molecule has 0 amide bonds. The monoisotopic (exact) mass is 590 g/mol. The van der Waals surface area contributed by atoms with Crippen LogP contribution in [-0.4, -0.2) is 64.1 Å². The van der Waals surface area contributed by atoms with Gasteiger partial charge in [0.05, 0.1) is 6.10 Å². The number of benzene rings is 4.